The molecule has 0 aromatic carbocycles. The zero-order valence-electron chi connectivity index (χ0n) is 12.6. The SMILES string of the molecule is CCCNc1ncnc(OC2CCC(C)(C)CC2)c1Br. The summed E-state index contributed by atoms with van der Waals surface area (Å²) in [5.41, 5.74) is 0.455. The van der Waals surface area contributed by atoms with Crippen molar-refractivity contribution in [3.8, 4) is 5.88 Å². The largest absolute Gasteiger partial charge is 0.473 e. The molecule has 0 spiro atoms. The van der Waals surface area contributed by atoms with E-state index in [1.165, 1.54) is 12.8 Å². The van der Waals surface area contributed by atoms with Gasteiger partial charge in [-0.05, 0) is 53.4 Å². The molecule has 1 N–H and O–H groups in total. The number of aromatic nitrogens is 2. The summed E-state index contributed by atoms with van der Waals surface area (Å²) in [7, 11) is 0. The average molecular weight is 342 g/mol. The van der Waals surface area contributed by atoms with Crippen LogP contribution >= 0.6 is 15.9 Å². The summed E-state index contributed by atoms with van der Waals surface area (Å²) >= 11 is 3.55. The molecule has 1 aliphatic carbocycles. The van der Waals surface area contributed by atoms with Gasteiger partial charge in [0.15, 0.2) is 0 Å². The monoisotopic (exact) mass is 341 g/mol. The molecule has 20 heavy (non-hydrogen) atoms. The van der Waals surface area contributed by atoms with Crippen LogP contribution in [0.2, 0.25) is 0 Å². The zero-order chi connectivity index (χ0) is 14.6. The van der Waals surface area contributed by atoms with Gasteiger partial charge in [-0.15, -0.1) is 0 Å². The number of halogens is 1. The van der Waals surface area contributed by atoms with Gasteiger partial charge in [-0.3, -0.25) is 0 Å². The van der Waals surface area contributed by atoms with Crippen LogP contribution in [0.25, 0.3) is 0 Å². The smallest absolute Gasteiger partial charge is 0.233 e. The average Bonchev–Trinajstić information content (AvgIpc) is 2.42. The van der Waals surface area contributed by atoms with Crippen LogP contribution in [0.15, 0.2) is 10.8 Å². The molecule has 1 aromatic rings. The van der Waals surface area contributed by atoms with Crippen LogP contribution in [0.1, 0.15) is 52.9 Å². The lowest BCUT2D eigenvalue weighted by Gasteiger charge is -2.34. The lowest BCUT2D eigenvalue weighted by molar-refractivity contribution is 0.0941. The van der Waals surface area contributed by atoms with Crippen LogP contribution in [-0.4, -0.2) is 22.6 Å². The maximum atomic E-state index is 6.06. The Kier molecular flexibility index (Phi) is 5.24. The summed E-state index contributed by atoms with van der Waals surface area (Å²) in [5, 5.41) is 3.28. The van der Waals surface area contributed by atoms with Crippen molar-refractivity contribution in [1.29, 1.82) is 0 Å². The van der Waals surface area contributed by atoms with Gasteiger partial charge in [0, 0.05) is 6.54 Å². The van der Waals surface area contributed by atoms with Crippen molar-refractivity contribution in [2.24, 2.45) is 5.41 Å². The van der Waals surface area contributed by atoms with Gasteiger partial charge in [0.05, 0.1) is 0 Å². The fourth-order valence-corrected chi connectivity index (χ4v) is 2.89. The highest BCUT2D eigenvalue weighted by atomic mass is 79.9. The second-order valence-corrected chi connectivity index (χ2v) is 7.04. The Morgan fingerprint density at radius 2 is 2.05 bits per heavy atom. The first-order chi connectivity index (χ1) is 9.52. The van der Waals surface area contributed by atoms with E-state index in [0.717, 1.165) is 36.1 Å². The van der Waals surface area contributed by atoms with Crippen LogP contribution in [0.4, 0.5) is 5.82 Å². The van der Waals surface area contributed by atoms with Gasteiger partial charge in [-0.2, -0.15) is 0 Å². The third-order valence-corrected chi connectivity index (χ3v) is 4.58. The first-order valence-electron chi connectivity index (χ1n) is 7.43. The van der Waals surface area contributed by atoms with E-state index in [1.807, 2.05) is 0 Å². The molecule has 2 rings (SSSR count). The summed E-state index contributed by atoms with van der Waals surface area (Å²) in [6.45, 7) is 7.68. The number of nitrogens with one attached hydrogen (secondary N) is 1. The predicted octanol–water partition coefficient (Wildman–Crippen LogP) is 4.41. The summed E-state index contributed by atoms with van der Waals surface area (Å²) in [6, 6.07) is 0. The molecule has 4 nitrogen and oxygen atoms in total. The standard InChI is InChI=1S/C15H24BrN3O/c1-4-9-17-13-12(16)14(19-10-18-13)20-11-5-7-15(2,3)8-6-11/h10-11H,4-9H2,1-3H3,(H,17,18,19). The first kappa shape index (κ1) is 15.5. The molecule has 0 saturated heterocycles. The van der Waals surface area contributed by atoms with Crippen molar-refractivity contribution in [2.45, 2.75) is 59.0 Å². The maximum absolute atomic E-state index is 6.06. The normalized spacial score (nSPS) is 18.8. The van der Waals surface area contributed by atoms with Gasteiger partial charge in [-0.1, -0.05) is 20.8 Å². The molecule has 1 aromatic heterocycles. The van der Waals surface area contributed by atoms with Gasteiger partial charge in [0.1, 0.15) is 22.7 Å². The van der Waals surface area contributed by atoms with Crippen molar-refractivity contribution < 1.29 is 4.74 Å². The zero-order valence-corrected chi connectivity index (χ0v) is 14.2. The highest BCUT2D eigenvalue weighted by molar-refractivity contribution is 9.10. The van der Waals surface area contributed by atoms with Gasteiger partial charge >= 0.3 is 0 Å². The molecule has 0 unspecified atom stereocenters. The second-order valence-electron chi connectivity index (χ2n) is 6.25. The van der Waals surface area contributed by atoms with Crippen LogP contribution in [0.3, 0.4) is 0 Å². The quantitative estimate of drug-likeness (QED) is 0.861. The number of anilines is 1. The molecular weight excluding hydrogens is 318 g/mol. The molecule has 112 valence electrons. The van der Waals surface area contributed by atoms with E-state index in [9.17, 15) is 0 Å². The third kappa shape index (κ3) is 4.08. The molecule has 1 aliphatic rings. The fourth-order valence-electron chi connectivity index (χ4n) is 2.45. The minimum absolute atomic E-state index is 0.272. The van der Waals surface area contributed by atoms with Crippen LogP contribution in [0, 0.1) is 5.41 Å². The highest BCUT2D eigenvalue weighted by Gasteiger charge is 2.28. The Morgan fingerprint density at radius 3 is 2.70 bits per heavy atom. The molecule has 0 bridgehead atoms. The highest BCUT2D eigenvalue weighted by Crippen LogP contribution is 2.37. The molecule has 1 fully saturated rings. The Hall–Kier alpha value is -0.840. The van der Waals surface area contributed by atoms with Crippen LogP contribution in [0.5, 0.6) is 5.88 Å². The summed E-state index contributed by atoms with van der Waals surface area (Å²) < 4.78 is 6.89. The molecule has 5 heteroatoms. The van der Waals surface area contributed by atoms with Gasteiger partial charge in [-0.25, -0.2) is 9.97 Å². The second kappa shape index (κ2) is 6.74. The Balaban J connectivity index is 1.99. The lowest BCUT2D eigenvalue weighted by Crippen LogP contribution is -2.28. The first-order valence-corrected chi connectivity index (χ1v) is 8.22. The van der Waals surface area contributed by atoms with Crippen molar-refractivity contribution in [3.63, 3.8) is 0 Å². The third-order valence-electron chi connectivity index (χ3n) is 3.86. The number of ether oxygens (including phenoxy) is 1. The van der Waals surface area contributed by atoms with Gasteiger partial charge in [0.25, 0.3) is 0 Å². The van der Waals surface area contributed by atoms with E-state index in [0.29, 0.717) is 11.3 Å². The van der Waals surface area contributed by atoms with Crippen molar-refractivity contribution >= 4 is 21.7 Å². The minimum atomic E-state index is 0.272. The summed E-state index contributed by atoms with van der Waals surface area (Å²) in [6.07, 6.45) is 7.51. The van der Waals surface area contributed by atoms with Crippen LogP contribution in [-0.2, 0) is 0 Å². The minimum Gasteiger partial charge on any atom is -0.473 e. The van der Waals surface area contributed by atoms with E-state index in [2.05, 4.69) is 52.0 Å². The Morgan fingerprint density at radius 1 is 1.35 bits per heavy atom. The fraction of sp³-hybridized carbons (Fsp3) is 0.733. The van der Waals surface area contributed by atoms with E-state index < -0.39 is 0 Å². The van der Waals surface area contributed by atoms with Crippen molar-refractivity contribution in [1.82, 2.24) is 9.97 Å². The Labute approximate surface area is 129 Å². The molecule has 0 amide bonds. The topological polar surface area (TPSA) is 47.0 Å². The van der Waals surface area contributed by atoms with E-state index in [4.69, 9.17) is 4.74 Å². The number of nitrogens with zero attached hydrogens (tertiary/aromatic N) is 2. The Bertz CT molecular complexity index is 441. The van der Waals surface area contributed by atoms with Gasteiger partial charge < -0.3 is 10.1 Å². The summed E-state index contributed by atoms with van der Waals surface area (Å²) in [4.78, 5) is 8.50. The predicted molar refractivity (Wildman–Crippen MR) is 85.2 cm³/mol. The lowest BCUT2D eigenvalue weighted by atomic mass is 9.76. The number of hydrogen-bond donors (Lipinski definition) is 1. The van der Waals surface area contributed by atoms with Crippen molar-refractivity contribution in [3.05, 3.63) is 10.8 Å². The molecule has 0 radical (unpaired) electrons. The number of hydrogen-bond acceptors (Lipinski definition) is 4. The van der Waals surface area contributed by atoms with Gasteiger partial charge in [0.2, 0.25) is 5.88 Å². The molecule has 0 aliphatic heterocycles. The number of rotatable bonds is 5. The molecular formula is C15H24BrN3O. The molecule has 1 heterocycles. The van der Waals surface area contributed by atoms with E-state index in [-0.39, 0.29) is 6.10 Å². The summed E-state index contributed by atoms with van der Waals surface area (Å²) in [5.74, 6) is 1.47. The van der Waals surface area contributed by atoms with E-state index in [1.54, 1.807) is 6.33 Å². The van der Waals surface area contributed by atoms with Crippen molar-refractivity contribution in [2.75, 3.05) is 11.9 Å². The van der Waals surface area contributed by atoms with Crippen LogP contribution < -0.4 is 10.1 Å². The molecule has 1 saturated carbocycles. The van der Waals surface area contributed by atoms with E-state index >= 15 is 0 Å². The maximum Gasteiger partial charge on any atom is 0.233 e. The molecule has 0 atom stereocenters.